The Labute approximate surface area is 169 Å². The van der Waals surface area contributed by atoms with Gasteiger partial charge < -0.3 is 20.7 Å². The smallest absolute Gasteiger partial charge is 0.221 e. The van der Waals surface area contributed by atoms with Crippen LogP contribution in [0, 0.1) is 12.8 Å². The van der Waals surface area contributed by atoms with Crippen LogP contribution in [0.15, 0.2) is 23.2 Å². The molecular formula is C22H36N4O2. The monoisotopic (exact) mass is 388 g/mol. The fraction of sp³-hybridized carbons (Fsp3) is 0.636. The van der Waals surface area contributed by atoms with E-state index < -0.39 is 0 Å². The number of hydrogen-bond donors (Lipinski definition) is 3. The fourth-order valence-electron chi connectivity index (χ4n) is 2.67. The normalized spacial score (nSPS) is 15.1. The lowest BCUT2D eigenvalue weighted by Crippen LogP contribution is -2.40. The summed E-state index contributed by atoms with van der Waals surface area (Å²) in [7, 11) is 0. The molecule has 1 aromatic rings. The Balaban J connectivity index is 1.89. The summed E-state index contributed by atoms with van der Waals surface area (Å²) in [4.78, 5) is 16.6. The molecule has 1 aliphatic carbocycles. The molecule has 1 fully saturated rings. The summed E-state index contributed by atoms with van der Waals surface area (Å²) >= 11 is 0. The van der Waals surface area contributed by atoms with Gasteiger partial charge in [-0.25, -0.2) is 4.99 Å². The predicted octanol–water partition coefficient (Wildman–Crippen LogP) is 3.14. The van der Waals surface area contributed by atoms with Crippen LogP contribution in [0.3, 0.4) is 0 Å². The van der Waals surface area contributed by atoms with Crippen LogP contribution in [-0.4, -0.2) is 37.6 Å². The highest BCUT2D eigenvalue weighted by Gasteiger charge is 2.22. The number of carbonyl (C=O) groups excluding carboxylic acids is 1. The van der Waals surface area contributed by atoms with Crippen LogP contribution in [0.5, 0.6) is 5.75 Å². The minimum absolute atomic E-state index is 0.0620. The molecule has 156 valence electrons. The van der Waals surface area contributed by atoms with E-state index in [1.165, 1.54) is 18.4 Å². The van der Waals surface area contributed by atoms with Crippen LogP contribution in [-0.2, 0) is 11.3 Å². The Hall–Kier alpha value is -2.24. The van der Waals surface area contributed by atoms with E-state index >= 15 is 0 Å². The summed E-state index contributed by atoms with van der Waals surface area (Å²) in [6.07, 6.45) is 3.91. The molecule has 2 rings (SSSR count). The average molecular weight is 389 g/mol. The number of benzene rings is 1. The van der Waals surface area contributed by atoms with Crippen molar-refractivity contribution in [3.05, 3.63) is 29.3 Å². The molecular weight excluding hydrogens is 352 g/mol. The van der Waals surface area contributed by atoms with Gasteiger partial charge in [0.05, 0.1) is 13.2 Å². The van der Waals surface area contributed by atoms with Crippen molar-refractivity contribution in [2.45, 2.75) is 66.0 Å². The summed E-state index contributed by atoms with van der Waals surface area (Å²) in [5.74, 6) is 2.43. The van der Waals surface area contributed by atoms with E-state index in [4.69, 9.17) is 4.74 Å². The molecule has 0 radical (unpaired) electrons. The SMILES string of the molecule is CCNC(=NCc1ccc(C)cc1OCC1CC1)NCCC(=O)NC(C)CC. The number of aliphatic imine (C=N–C) groups is 1. The lowest BCUT2D eigenvalue weighted by molar-refractivity contribution is -0.121. The quantitative estimate of drug-likeness (QED) is 0.402. The van der Waals surface area contributed by atoms with Crippen LogP contribution in [0.1, 0.15) is 57.6 Å². The third kappa shape index (κ3) is 8.19. The predicted molar refractivity (Wildman–Crippen MR) is 115 cm³/mol. The Morgan fingerprint density at radius 3 is 2.75 bits per heavy atom. The second-order valence-corrected chi connectivity index (χ2v) is 7.61. The molecule has 0 aromatic heterocycles. The van der Waals surface area contributed by atoms with Crippen LogP contribution in [0.4, 0.5) is 0 Å². The molecule has 1 unspecified atom stereocenters. The van der Waals surface area contributed by atoms with Gasteiger partial charge in [0.1, 0.15) is 5.75 Å². The van der Waals surface area contributed by atoms with E-state index in [2.05, 4.69) is 53.0 Å². The molecule has 3 N–H and O–H groups in total. The molecule has 1 amide bonds. The number of rotatable bonds is 11. The lowest BCUT2D eigenvalue weighted by atomic mass is 10.1. The third-order valence-corrected chi connectivity index (χ3v) is 4.81. The highest BCUT2D eigenvalue weighted by atomic mass is 16.5. The van der Waals surface area contributed by atoms with Gasteiger partial charge >= 0.3 is 0 Å². The molecule has 0 bridgehead atoms. The number of nitrogens with one attached hydrogen (secondary N) is 3. The third-order valence-electron chi connectivity index (χ3n) is 4.81. The van der Waals surface area contributed by atoms with Gasteiger partial charge in [-0.2, -0.15) is 0 Å². The Morgan fingerprint density at radius 2 is 2.07 bits per heavy atom. The first-order valence-electron chi connectivity index (χ1n) is 10.6. The standard InChI is InChI=1S/C22H36N4O2/c1-5-17(4)26-21(27)11-12-24-22(23-6-2)25-14-19-10-7-16(3)13-20(19)28-15-18-8-9-18/h7,10,13,17-18H,5-6,8-9,11-12,14-15H2,1-4H3,(H,26,27)(H2,23,24,25). The molecule has 1 saturated carbocycles. The van der Waals surface area contributed by atoms with Gasteiger partial charge in [-0.15, -0.1) is 0 Å². The fourth-order valence-corrected chi connectivity index (χ4v) is 2.67. The zero-order chi connectivity index (χ0) is 20.4. The van der Waals surface area contributed by atoms with Crippen molar-refractivity contribution in [3.63, 3.8) is 0 Å². The lowest BCUT2D eigenvalue weighted by Gasteiger charge is -2.14. The van der Waals surface area contributed by atoms with E-state index in [-0.39, 0.29) is 11.9 Å². The Bertz CT molecular complexity index is 656. The number of ether oxygens (including phenoxy) is 1. The molecule has 0 spiro atoms. The molecule has 0 aliphatic heterocycles. The molecule has 1 atom stereocenters. The summed E-state index contributed by atoms with van der Waals surface area (Å²) in [5.41, 5.74) is 2.27. The molecule has 6 nitrogen and oxygen atoms in total. The maximum atomic E-state index is 11.9. The van der Waals surface area contributed by atoms with Gasteiger partial charge in [0.15, 0.2) is 5.96 Å². The number of amides is 1. The minimum Gasteiger partial charge on any atom is -0.493 e. The molecule has 1 aromatic carbocycles. The molecule has 28 heavy (non-hydrogen) atoms. The van der Waals surface area contributed by atoms with Gasteiger partial charge in [0.2, 0.25) is 5.91 Å². The van der Waals surface area contributed by atoms with Crippen molar-refractivity contribution in [2.24, 2.45) is 10.9 Å². The molecule has 0 saturated heterocycles. The average Bonchev–Trinajstić information content (AvgIpc) is 3.49. The van der Waals surface area contributed by atoms with Crippen LogP contribution >= 0.6 is 0 Å². The zero-order valence-electron chi connectivity index (χ0n) is 17.8. The number of aryl methyl sites for hydroxylation is 1. The van der Waals surface area contributed by atoms with Crippen molar-refractivity contribution < 1.29 is 9.53 Å². The van der Waals surface area contributed by atoms with E-state index in [9.17, 15) is 4.79 Å². The van der Waals surface area contributed by atoms with Crippen molar-refractivity contribution in [1.29, 1.82) is 0 Å². The number of nitrogens with zero attached hydrogens (tertiary/aromatic N) is 1. The number of guanidine groups is 1. The number of carbonyl (C=O) groups is 1. The second-order valence-electron chi connectivity index (χ2n) is 7.61. The zero-order valence-corrected chi connectivity index (χ0v) is 17.8. The second kappa shape index (κ2) is 11.6. The maximum Gasteiger partial charge on any atom is 0.221 e. The Kier molecular flexibility index (Phi) is 9.11. The Morgan fingerprint density at radius 1 is 1.29 bits per heavy atom. The first-order valence-corrected chi connectivity index (χ1v) is 10.6. The van der Waals surface area contributed by atoms with E-state index in [0.717, 1.165) is 36.8 Å². The van der Waals surface area contributed by atoms with Gasteiger partial charge in [0.25, 0.3) is 0 Å². The van der Waals surface area contributed by atoms with Crippen molar-refractivity contribution in [2.75, 3.05) is 19.7 Å². The number of hydrogen-bond acceptors (Lipinski definition) is 3. The highest BCUT2D eigenvalue weighted by molar-refractivity contribution is 5.81. The van der Waals surface area contributed by atoms with Crippen LogP contribution in [0.2, 0.25) is 0 Å². The summed E-state index contributed by atoms with van der Waals surface area (Å²) < 4.78 is 6.03. The molecule has 6 heteroatoms. The summed E-state index contributed by atoms with van der Waals surface area (Å²) in [6, 6.07) is 6.48. The largest absolute Gasteiger partial charge is 0.493 e. The van der Waals surface area contributed by atoms with Crippen LogP contribution in [0.25, 0.3) is 0 Å². The first kappa shape index (κ1) is 22.1. The van der Waals surface area contributed by atoms with Gasteiger partial charge in [-0.3, -0.25) is 4.79 Å². The van der Waals surface area contributed by atoms with Crippen molar-refractivity contribution in [3.8, 4) is 5.75 Å². The first-order chi connectivity index (χ1) is 13.5. The maximum absolute atomic E-state index is 11.9. The van der Waals surface area contributed by atoms with E-state index in [0.29, 0.717) is 25.5 Å². The highest BCUT2D eigenvalue weighted by Crippen LogP contribution is 2.30. The summed E-state index contributed by atoms with van der Waals surface area (Å²) in [5, 5.41) is 9.46. The topological polar surface area (TPSA) is 74.8 Å². The minimum atomic E-state index is 0.0620. The van der Waals surface area contributed by atoms with Gasteiger partial charge in [-0.05, 0) is 57.6 Å². The van der Waals surface area contributed by atoms with Crippen LogP contribution < -0.4 is 20.7 Å². The van der Waals surface area contributed by atoms with Gasteiger partial charge in [0, 0.05) is 31.1 Å². The molecule has 1 aliphatic rings. The van der Waals surface area contributed by atoms with E-state index in [1.54, 1.807) is 0 Å². The van der Waals surface area contributed by atoms with E-state index in [1.807, 2.05) is 13.8 Å². The van der Waals surface area contributed by atoms with Gasteiger partial charge in [-0.1, -0.05) is 19.1 Å². The summed E-state index contributed by atoms with van der Waals surface area (Å²) in [6.45, 7) is 10.8. The van der Waals surface area contributed by atoms with Crippen molar-refractivity contribution >= 4 is 11.9 Å². The van der Waals surface area contributed by atoms with Crippen molar-refractivity contribution in [1.82, 2.24) is 16.0 Å². The molecule has 0 heterocycles.